The van der Waals surface area contributed by atoms with Crippen LogP contribution in [0.4, 0.5) is 5.82 Å². The highest BCUT2D eigenvalue weighted by Gasteiger charge is 2.24. The minimum absolute atomic E-state index is 0.159. The Morgan fingerprint density at radius 3 is 2.65 bits per heavy atom. The van der Waals surface area contributed by atoms with Crippen LogP contribution in [-0.4, -0.2) is 34.5 Å². The highest BCUT2D eigenvalue weighted by atomic mass is 35.5. The maximum absolute atomic E-state index is 9.81. The van der Waals surface area contributed by atoms with Gasteiger partial charge in [0.25, 0.3) is 0 Å². The molecule has 1 N–H and O–H groups in total. The average molecular weight is 256 g/mol. The van der Waals surface area contributed by atoms with E-state index in [4.69, 9.17) is 11.6 Å². The highest BCUT2D eigenvalue weighted by molar-refractivity contribution is 6.29. The van der Waals surface area contributed by atoms with Gasteiger partial charge in [0.05, 0.1) is 6.10 Å². The minimum Gasteiger partial charge on any atom is -0.393 e. The molecule has 1 atom stereocenters. The number of aromatic nitrogens is 2. The van der Waals surface area contributed by atoms with Crippen molar-refractivity contribution in [1.82, 2.24) is 10.2 Å². The SMILES string of the molecule is CCC(O)C1CCN(c2ccc(Cl)nn2)CC1. The number of aliphatic hydroxyl groups is 1. The summed E-state index contributed by atoms with van der Waals surface area (Å²) in [5, 5.41) is 18.2. The van der Waals surface area contributed by atoms with Crippen molar-refractivity contribution in [2.24, 2.45) is 5.92 Å². The molecule has 1 aromatic rings. The lowest BCUT2D eigenvalue weighted by molar-refractivity contribution is 0.0892. The summed E-state index contributed by atoms with van der Waals surface area (Å²) in [6.07, 6.45) is 2.71. The number of hydrogen-bond acceptors (Lipinski definition) is 4. The van der Waals surface area contributed by atoms with Crippen LogP contribution in [0.2, 0.25) is 5.15 Å². The molecule has 1 fully saturated rings. The second-order valence-electron chi connectivity index (χ2n) is 4.51. The molecule has 0 amide bonds. The van der Waals surface area contributed by atoms with E-state index in [-0.39, 0.29) is 6.10 Å². The average Bonchev–Trinajstić information content (AvgIpc) is 2.39. The van der Waals surface area contributed by atoms with Crippen molar-refractivity contribution in [3.63, 3.8) is 0 Å². The zero-order chi connectivity index (χ0) is 12.3. The molecule has 4 nitrogen and oxygen atoms in total. The predicted octanol–water partition coefficient (Wildman–Crippen LogP) is 2.12. The first-order valence-corrected chi connectivity index (χ1v) is 6.50. The summed E-state index contributed by atoms with van der Waals surface area (Å²) < 4.78 is 0. The summed E-state index contributed by atoms with van der Waals surface area (Å²) in [5.41, 5.74) is 0. The summed E-state index contributed by atoms with van der Waals surface area (Å²) in [4.78, 5) is 2.20. The van der Waals surface area contributed by atoms with Gasteiger partial charge in [0.15, 0.2) is 11.0 Å². The molecule has 0 radical (unpaired) electrons. The predicted molar refractivity (Wildman–Crippen MR) is 68.3 cm³/mol. The molecule has 2 heterocycles. The second-order valence-corrected chi connectivity index (χ2v) is 4.90. The number of anilines is 1. The molecule has 0 saturated carbocycles. The van der Waals surface area contributed by atoms with Crippen molar-refractivity contribution in [3.8, 4) is 0 Å². The van der Waals surface area contributed by atoms with Crippen LogP contribution in [-0.2, 0) is 0 Å². The van der Waals surface area contributed by atoms with Crippen molar-refractivity contribution in [3.05, 3.63) is 17.3 Å². The number of hydrogen-bond donors (Lipinski definition) is 1. The highest BCUT2D eigenvalue weighted by Crippen LogP contribution is 2.25. The molecular weight excluding hydrogens is 238 g/mol. The molecule has 1 aliphatic rings. The van der Waals surface area contributed by atoms with Gasteiger partial charge in [-0.25, -0.2) is 0 Å². The normalized spacial score (nSPS) is 19.4. The zero-order valence-corrected chi connectivity index (χ0v) is 10.8. The van der Waals surface area contributed by atoms with Crippen molar-refractivity contribution in [2.45, 2.75) is 32.3 Å². The third kappa shape index (κ3) is 3.07. The Kier molecular flexibility index (Phi) is 4.18. The standard InChI is InChI=1S/C12H18ClN3O/c1-2-10(17)9-5-7-16(8-6-9)12-4-3-11(13)14-15-12/h3-4,9-10,17H,2,5-8H2,1H3. The molecule has 17 heavy (non-hydrogen) atoms. The third-order valence-corrected chi connectivity index (χ3v) is 3.65. The van der Waals surface area contributed by atoms with Crippen molar-refractivity contribution in [2.75, 3.05) is 18.0 Å². The molecule has 1 aliphatic heterocycles. The van der Waals surface area contributed by atoms with Crippen LogP contribution in [0.5, 0.6) is 0 Å². The van der Waals surface area contributed by atoms with E-state index in [1.54, 1.807) is 6.07 Å². The first-order chi connectivity index (χ1) is 8.20. The smallest absolute Gasteiger partial charge is 0.151 e. The number of rotatable bonds is 3. The fourth-order valence-corrected chi connectivity index (χ4v) is 2.43. The third-order valence-electron chi connectivity index (χ3n) is 3.44. The first kappa shape index (κ1) is 12.6. The monoisotopic (exact) mass is 255 g/mol. The Bertz CT molecular complexity index is 349. The maximum Gasteiger partial charge on any atom is 0.151 e. The van der Waals surface area contributed by atoms with E-state index in [1.807, 2.05) is 13.0 Å². The van der Waals surface area contributed by atoms with Gasteiger partial charge in [0.2, 0.25) is 0 Å². The van der Waals surface area contributed by atoms with Crippen molar-refractivity contribution < 1.29 is 5.11 Å². The molecular formula is C12H18ClN3O. The van der Waals surface area contributed by atoms with Gasteiger partial charge in [-0.1, -0.05) is 18.5 Å². The van der Waals surface area contributed by atoms with E-state index in [0.29, 0.717) is 11.1 Å². The van der Waals surface area contributed by atoms with Crippen molar-refractivity contribution >= 4 is 17.4 Å². The largest absolute Gasteiger partial charge is 0.393 e. The van der Waals surface area contributed by atoms with Crippen LogP contribution in [0.15, 0.2) is 12.1 Å². The van der Waals surface area contributed by atoms with Gasteiger partial charge in [-0.05, 0) is 37.3 Å². The van der Waals surface area contributed by atoms with E-state index < -0.39 is 0 Å². The minimum atomic E-state index is -0.159. The molecule has 94 valence electrons. The molecule has 1 unspecified atom stereocenters. The van der Waals surface area contributed by atoms with Gasteiger partial charge in [-0.3, -0.25) is 0 Å². The zero-order valence-electron chi connectivity index (χ0n) is 10.0. The molecule has 1 aromatic heterocycles. The molecule has 0 bridgehead atoms. The van der Waals surface area contributed by atoms with Crippen LogP contribution in [0.3, 0.4) is 0 Å². The topological polar surface area (TPSA) is 49.2 Å². The van der Waals surface area contributed by atoms with Gasteiger partial charge in [0, 0.05) is 13.1 Å². The van der Waals surface area contributed by atoms with E-state index in [9.17, 15) is 5.11 Å². The summed E-state index contributed by atoms with van der Waals surface area (Å²) in [7, 11) is 0. The van der Waals surface area contributed by atoms with Crippen LogP contribution < -0.4 is 4.90 Å². The number of nitrogens with zero attached hydrogens (tertiary/aromatic N) is 3. The summed E-state index contributed by atoms with van der Waals surface area (Å²) >= 11 is 5.71. The van der Waals surface area contributed by atoms with Gasteiger partial charge in [-0.2, -0.15) is 0 Å². The molecule has 0 aliphatic carbocycles. The summed E-state index contributed by atoms with van der Waals surface area (Å²) in [5.74, 6) is 1.30. The fraction of sp³-hybridized carbons (Fsp3) is 0.667. The Labute approximate surface area is 107 Å². The quantitative estimate of drug-likeness (QED) is 0.899. The lowest BCUT2D eigenvalue weighted by Crippen LogP contribution is -2.38. The molecule has 5 heteroatoms. The lowest BCUT2D eigenvalue weighted by atomic mass is 9.90. The first-order valence-electron chi connectivity index (χ1n) is 6.13. The Morgan fingerprint density at radius 1 is 1.41 bits per heavy atom. The van der Waals surface area contributed by atoms with Crippen LogP contribution in [0.25, 0.3) is 0 Å². The van der Waals surface area contributed by atoms with Gasteiger partial charge in [-0.15, -0.1) is 10.2 Å². The van der Waals surface area contributed by atoms with Crippen LogP contribution >= 0.6 is 11.6 Å². The number of halogens is 1. The van der Waals surface area contributed by atoms with E-state index in [2.05, 4.69) is 15.1 Å². The maximum atomic E-state index is 9.81. The van der Waals surface area contributed by atoms with Gasteiger partial charge in [0.1, 0.15) is 0 Å². The van der Waals surface area contributed by atoms with E-state index in [1.165, 1.54) is 0 Å². The van der Waals surface area contributed by atoms with Crippen LogP contribution in [0, 0.1) is 5.92 Å². The van der Waals surface area contributed by atoms with E-state index in [0.717, 1.165) is 38.2 Å². The lowest BCUT2D eigenvalue weighted by Gasteiger charge is -2.34. The van der Waals surface area contributed by atoms with Crippen LogP contribution in [0.1, 0.15) is 26.2 Å². The molecule has 2 rings (SSSR count). The van der Waals surface area contributed by atoms with Gasteiger partial charge >= 0.3 is 0 Å². The van der Waals surface area contributed by atoms with Gasteiger partial charge < -0.3 is 10.0 Å². The second kappa shape index (κ2) is 5.65. The molecule has 0 spiro atoms. The van der Waals surface area contributed by atoms with E-state index >= 15 is 0 Å². The van der Waals surface area contributed by atoms with Crippen molar-refractivity contribution in [1.29, 1.82) is 0 Å². The Balaban J connectivity index is 1.93. The number of piperidine rings is 1. The summed E-state index contributed by atoms with van der Waals surface area (Å²) in [6.45, 7) is 3.89. The summed E-state index contributed by atoms with van der Waals surface area (Å²) in [6, 6.07) is 3.66. The molecule has 0 aromatic carbocycles. The number of aliphatic hydroxyl groups excluding tert-OH is 1. The Hall–Kier alpha value is -0.870. The molecule has 1 saturated heterocycles. The fourth-order valence-electron chi connectivity index (χ4n) is 2.32. The Morgan fingerprint density at radius 2 is 2.12 bits per heavy atom.